The van der Waals surface area contributed by atoms with Crippen molar-refractivity contribution in [1.82, 2.24) is 0 Å². The summed E-state index contributed by atoms with van der Waals surface area (Å²) in [6.07, 6.45) is 0.996. The van der Waals surface area contributed by atoms with Gasteiger partial charge in [-0.2, -0.15) is 0 Å². The molecule has 0 radical (unpaired) electrons. The maximum absolute atomic E-state index is 13.0. The van der Waals surface area contributed by atoms with Crippen LogP contribution in [0.25, 0.3) is 0 Å². The van der Waals surface area contributed by atoms with Gasteiger partial charge in [-0.25, -0.2) is 9.69 Å². The number of carbonyl (C=O) groups is 1. The summed E-state index contributed by atoms with van der Waals surface area (Å²) in [6.45, 7) is 10.9. The van der Waals surface area contributed by atoms with Crippen LogP contribution >= 0.6 is 0 Å². The molecule has 0 saturated carbocycles. The minimum Gasteiger partial charge on any atom is -0.391 e. The molecule has 1 saturated heterocycles. The Morgan fingerprint density at radius 2 is 1.83 bits per heavy atom. The Labute approximate surface area is 140 Å². The Kier molecular flexibility index (Phi) is 6.35. The second-order valence-corrected chi connectivity index (χ2v) is 9.19. The predicted molar refractivity (Wildman–Crippen MR) is 94.0 cm³/mol. The fourth-order valence-corrected chi connectivity index (χ4v) is 6.51. The molecule has 2 rings (SSSR count). The molecule has 0 bridgehead atoms. The highest BCUT2D eigenvalue weighted by molar-refractivity contribution is 6.67. The first-order valence-electron chi connectivity index (χ1n) is 8.57. The smallest absolute Gasteiger partial charge is 0.391 e. The summed E-state index contributed by atoms with van der Waals surface area (Å²) in [5.41, 5.74) is 1.13. The van der Waals surface area contributed by atoms with Crippen molar-refractivity contribution in [2.24, 2.45) is 0 Å². The third kappa shape index (κ3) is 3.83. The average molecular weight is 338 g/mol. The summed E-state index contributed by atoms with van der Waals surface area (Å²) in [5.74, 6) is 0. The van der Waals surface area contributed by atoms with E-state index in [1.807, 2.05) is 56.0 Å². The summed E-state index contributed by atoms with van der Waals surface area (Å²) in [4.78, 5) is 15.9. The number of quaternary nitrogens is 1. The molecule has 6 heteroatoms. The van der Waals surface area contributed by atoms with Crippen LogP contribution in [-0.2, 0) is 8.85 Å². The minimum absolute atomic E-state index is 0.132. The van der Waals surface area contributed by atoms with Crippen molar-refractivity contribution < 1.29 is 18.5 Å². The highest BCUT2D eigenvalue weighted by Crippen LogP contribution is 2.19. The van der Waals surface area contributed by atoms with E-state index < -0.39 is 8.56 Å². The lowest BCUT2D eigenvalue weighted by Crippen LogP contribution is -3.27. The summed E-state index contributed by atoms with van der Waals surface area (Å²) in [6, 6.07) is 10.00. The Bertz CT molecular complexity index is 506. The Hall–Kier alpha value is -1.21. The van der Waals surface area contributed by atoms with Gasteiger partial charge in [-0.3, -0.25) is 4.90 Å². The van der Waals surface area contributed by atoms with Gasteiger partial charge in [0, 0.05) is 25.4 Å². The number of hydrogen-bond donors (Lipinski definition) is 1. The number of para-hydroxylation sites is 1. The molecule has 2 atom stereocenters. The largest absolute Gasteiger partial charge is 0.422 e. The molecule has 2 unspecified atom stereocenters. The van der Waals surface area contributed by atoms with Crippen molar-refractivity contribution in [3.05, 3.63) is 30.3 Å². The maximum Gasteiger partial charge on any atom is 0.422 e. The van der Waals surface area contributed by atoms with Gasteiger partial charge < -0.3 is 8.85 Å². The molecule has 23 heavy (non-hydrogen) atoms. The van der Waals surface area contributed by atoms with E-state index >= 15 is 0 Å². The molecule has 1 heterocycles. The fourth-order valence-electron chi connectivity index (χ4n) is 3.31. The molecule has 1 aliphatic heterocycles. The van der Waals surface area contributed by atoms with Crippen LogP contribution in [0.4, 0.5) is 10.5 Å². The Morgan fingerprint density at radius 1 is 1.22 bits per heavy atom. The molecule has 0 spiro atoms. The molecule has 1 N–H and O–H groups in total. The standard InChI is InChI=1S/C17H28N2O3Si/c1-5-18(15-11-9-8-10-12-15)17(20)19-14-13-16(19)23(4,21-6-2)22-7-3/h8-12,16H,5-7,13-14H2,1-4H3/p+1. The zero-order chi connectivity index (χ0) is 16.9. The van der Waals surface area contributed by atoms with Gasteiger partial charge in [0.25, 0.3) is 0 Å². The average Bonchev–Trinajstić information content (AvgIpc) is 2.48. The number of rotatable bonds is 7. The molecule has 0 aliphatic carbocycles. The van der Waals surface area contributed by atoms with E-state index in [1.165, 1.54) is 0 Å². The van der Waals surface area contributed by atoms with Crippen LogP contribution in [0.2, 0.25) is 6.55 Å². The van der Waals surface area contributed by atoms with E-state index in [9.17, 15) is 4.79 Å². The molecular weight excluding hydrogens is 308 g/mol. The SMILES string of the molecule is CCO[Si](C)(OCC)C1CC[NH+]1C(=O)N(CC)c1ccccc1. The molecule has 5 nitrogen and oxygen atoms in total. The van der Waals surface area contributed by atoms with Gasteiger partial charge in [-0.15, -0.1) is 0 Å². The number of carbonyl (C=O) groups excluding carboxylic acids is 1. The lowest BCUT2D eigenvalue weighted by atomic mass is 10.2. The normalized spacial score (nSPS) is 20.9. The zero-order valence-electron chi connectivity index (χ0n) is 14.7. The van der Waals surface area contributed by atoms with Crippen molar-refractivity contribution >= 4 is 20.3 Å². The van der Waals surface area contributed by atoms with Gasteiger partial charge in [-0.1, -0.05) is 18.2 Å². The first-order valence-corrected chi connectivity index (χ1v) is 11.0. The van der Waals surface area contributed by atoms with E-state index in [0.29, 0.717) is 19.8 Å². The third-order valence-electron chi connectivity index (χ3n) is 4.52. The molecule has 1 fully saturated rings. The van der Waals surface area contributed by atoms with E-state index in [2.05, 4.69) is 6.55 Å². The van der Waals surface area contributed by atoms with Crippen LogP contribution in [0.5, 0.6) is 0 Å². The molecular formula is C17H29N2O3Si+. The molecule has 1 aromatic carbocycles. The van der Waals surface area contributed by atoms with E-state index in [-0.39, 0.29) is 11.7 Å². The first kappa shape index (κ1) is 18.1. The Morgan fingerprint density at radius 3 is 2.26 bits per heavy atom. The van der Waals surface area contributed by atoms with Gasteiger partial charge in [-0.05, 0) is 39.5 Å². The third-order valence-corrected chi connectivity index (χ3v) is 8.15. The quantitative estimate of drug-likeness (QED) is 0.774. The number of anilines is 1. The van der Waals surface area contributed by atoms with Gasteiger partial charge in [0.15, 0.2) is 0 Å². The lowest BCUT2D eigenvalue weighted by molar-refractivity contribution is -0.876. The van der Waals surface area contributed by atoms with Crippen molar-refractivity contribution in [2.45, 2.75) is 39.4 Å². The van der Waals surface area contributed by atoms with E-state index in [1.54, 1.807) is 0 Å². The molecule has 1 aliphatic rings. The van der Waals surface area contributed by atoms with Crippen LogP contribution in [0.15, 0.2) is 30.3 Å². The lowest BCUT2D eigenvalue weighted by Gasteiger charge is -2.44. The highest BCUT2D eigenvalue weighted by Gasteiger charge is 2.56. The second kappa shape index (κ2) is 8.05. The minimum atomic E-state index is -2.34. The van der Waals surface area contributed by atoms with Crippen LogP contribution < -0.4 is 9.80 Å². The van der Waals surface area contributed by atoms with Gasteiger partial charge in [0.2, 0.25) is 0 Å². The number of hydrogen-bond acceptors (Lipinski definition) is 3. The summed E-state index contributed by atoms with van der Waals surface area (Å²) in [7, 11) is -2.34. The van der Waals surface area contributed by atoms with Crippen molar-refractivity contribution in [3.8, 4) is 0 Å². The van der Waals surface area contributed by atoms with Gasteiger partial charge in [0.1, 0.15) is 5.67 Å². The number of amides is 2. The number of urea groups is 1. The van der Waals surface area contributed by atoms with Crippen LogP contribution in [0.1, 0.15) is 27.2 Å². The number of nitrogens with one attached hydrogen (secondary N) is 1. The number of nitrogens with zero attached hydrogens (tertiary/aromatic N) is 1. The molecule has 1 aromatic rings. The molecule has 128 valence electrons. The number of benzene rings is 1. The topological polar surface area (TPSA) is 43.2 Å². The van der Waals surface area contributed by atoms with Crippen LogP contribution in [0, 0.1) is 0 Å². The maximum atomic E-state index is 13.0. The monoisotopic (exact) mass is 337 g/mol. The fraction of sp³-hybridized carbons (Fsp3) is 0.588. The second-order valence-electron chi connectivity index (χ2n) is 5.88. The summed E-state index contributed by atoms with van der Waals surface area (Å²) < 4.78 is 12.0. The highest BCUT2D eigenvalue weighted by atomic mass is 28.4. The van der Waals surface area contributed by atoms with Crippen molar-refractivity contribution in [2.75, 3.05) is 31.2 Å². The molecule has 0 aromatic heterocycles. The van der Waals surface area contributed by atoms with E-state index in [4.69, 9.17) is 8.85 Å². The zero-order valence-corrected chi connectivity index (χ0v) is 15.7. The van der Waals surface area contributed by atoms with Gasteiger partial charge >= 0.3 is 14.6 Å². The van der Waals surface area contributed by atoms with Crippen LogP contribution in [0.3, 0.4) is 0 Å². The van der Waals surface area contributed by atoms with Crippen LogP contribution in [-0.4, -0.2) is 46.6 Å². The van der Waals surface area contributed by atoms with Gasteiger partial charge in [0.05, 0.1) is 13.0 Å². The van der Waals surface area contributed by atoms with Crippen molar-refractivity contribution in [3.63, 3.8) is 0 Å². The summed E-state index contributed by atoms with van der Waals surface area (Å²) >= 11 is 0. The predicted octanol–water partition coefficient (Wildman–Crippen LogP) is 1.97. The molecule has 2 amide bonds. The summed E-state index contributed by atoms with van der Waals surface area (Å²) in [5, 5.41) is 0. The van der Waals surface area contributed by atoms with E-state index in [0.717, 1.165) is 23.6 Å². The number of likely N-dealkylation sites (tertiary alicyclic amines) is 1. The van der Waals surface area contributed by atoms with Crippen molar-refractivity contribution in [1.29, 1.82) is 0 Å². The Balaban J connectivity index is 2.15. The first-order chi connectivity index (χ1) is 11.1.